The molecule has 4 aromatic carbocycles. The molecule has 0 aromatic heterocycles. The fraction of sp³-hybridized carbons (Fsp3) is 0.278. The number of nitrogens with one attached hydrogen (secondary N) is 1. The molecule has 9 heteroatoms. The number of carbonyl (C=O) groups excluding carboxylic acids is 2. The zero-order chi connectivity index (χ0) is 32.4. The van der Waals surface area contributed by atoms with Gasteiger partial charge in [0.1, 0.15) is 18.3 Å². The van der Waals surface area contributed by atoms with Crippen molar-refractivity contribution in [3.8, 4) is 5.75 Å². The lowest BCUT2D eigenvalue weighted by atomic mass is 10.0. The highest BCUT2D eigenvalue weighted by atomic mass is 32.2. The van der Waals surface area contributed by atoms with Gasteiger partial charge in [0.25, 0.3) is 10.0 Å². The number of ether oxygens (including phenoxy) is 1. The van der Waals surface area contributed by atoms with Gasteiger partial charge in [-0.15, -0.1) is 0 Å². The molecule has 2 amide bonds. The van der Waals surface area contributed by atoms with Gasteiger partial charge in [-0.3, -0.25) is 13.9 Å². The maximum Gasteiger partial charge on any atom is 0.264 e. The number of hydrogen-bond donors (Lipinski definition) is 1. The van der Waals surface area contributed by atoms with Gasteiger partial charge in [-0.1, -0.05) is 92.2 Å². The van der Waals surface area contributed by atoms with Gasteiger partial charge in [-0.25, -0.2) is 8.42 Å². The largest absolute Gasteiger partial charge is 0.497 e. The van der Waals surface area contributed by atoms with Crippen molar-refractivity contribution >= 4 is 27.5 Å². The quantitative estimate of drug-likeness (QED) is 0.196. The predicted molar refractivity (Wildman–Crippen MR) is 177 cm³/mol. The van der Waals surface area contributed by atoms with Crippen molar-refractivity contribution in [2.24, 2.45) is 5.92 Å². The van der Waals surface area contributed by atoms with E-state index in [1.54, 1.807) is 55.6 Å². The number of methoxy groups -OCH3 is 1. The summed E-state index contributed by atoms with van der Waals surface area (Å²) < 4.78 is 34.6. The minimum atomic E-state index is -4.14. The Morgan fingerprint density at radius 1 is 0.822 bits per heavy atom. The van der Waals surface area contributed by atoms with Gasteiger partial charge in [-0.2, -0.15) is 0 Å². The predicted octanol–water partition coefficient (Wildman–Crippen LogP) is 5.61. The Morgan fingerprint density at radius 2 is 1.44 bits per heavy atom. The molecule has 0 radical (unpaired) electrons. The second-order valence-corrected chi connectivity index (χ2v) is 13.2. The number of hydrogen-bond acceptors (Lipinski definition) is 5. The Labute approximate surface area is 266 Å². The van der Waals surface area contributed by atoms with E-state index in [1.807, 2.05) is 69.3 Å². The zero-order valence-corrected chi connectivity index (χ0v) is 27.0. The third kappa shape index (κ3) is 8.95. The molecular weight excluding hydrogens is 586 g/mol. The lowest BCUT2D eigenvalue weighted by Crippen LogP contribution is -2.53. The van der Waals surface area contributed by atoms with Crippen LogP contribution in [0.25, 0.3) is 0 Å². The Hall–Kier alpha value is -4.63. The number of benzene rings is 4. The van der Waals surface area contributed by atoms with E-state index in [0.717, 1.165) is 21.0 Å². The van der Waals surface area contributed by atoms with E-state index in [-0.39, 0.29) is 29.7 Å². The van der Waals surface area contributed by atoms with E-state index in [0.29, 0.717) is 18.0 Å². The second kappa shape index (κ2) is 15.4. The molecule has 0 saturated heterocycles. The van der Waals surface area contributed by atoms with Gasteiger partial charge in [0.2, 0.25) is 11.8 Å². The first-order chi connectivity index (χ1) is 21.6. The van der Waals surface area contributed by atoms with E-state index in [4.69, 9.17) is 4.74 Å². The van der Waals surface area contributed by atoms with Crippen LogP contribution in [-0.2, 0) is 32.6 Å². The van der Waals surface area contributed by atoms with E-state index in [9.17, 15) is 18.0 Å². The molecule has 0 aliphatic rings. The number of carbonyl (C=O) groups is 2. The van der Waals surface area contributed by atoms with Crippen molar-refractivity contribution < 1.29 is 22.7 Å². The molecular formula is C36H41N3O5S. The van der Waals surface area contributed by atoms with Crippen LogP contribution in [0.15, 0.2) is 114 Å². The first-order valence-electron chi connectivity index (χ1n) is 15.0. The lowest BCUT2D eigenvalue weighted by molar-refractivity contribution is -0.140. The summed E-state index contributed by atoms with van der Waals surface area (Å²) in [5.74, 6) is -0.0197. The Kier molecular flexibility index (Phi) is 11.4. The van der Waals surface area contributed by atoms with Crippen LogP contribution in [0.2, 0.25) is 0 Å². The molecule has 0 spiro atoms. The number of anilines is 1. The highest BCUT2D eigenvalue weighted by molar-refractivity contribution is 7.92. The summed E-state index contributed by atoms with van der Waals surface area (Å²) in [7, 11) is -2.58. The van der Waals surface area contributed by atoms with E-state index < -0.39 is 28.5 Å². The molecule has 4 rings (SSSR count). The van der Waals surface area contributed by atoms with Crippen molar-refractivity contribution in [1.29, 1.82) is 0 Å². The molecule has 0 fully saturated rings. The van der Waals surface area contributed by atoms with Crippen molar-refractivity contribution in [2.45, 2.75) is 44.7 Å². The second-order valence-electron chi connectivity index (χ2n) is 11.4. The van der Waals surface area contributed by atoms with Crippen LogP contribution < -0.4 is 14.4 Å². The van der Waals surface area contributed by atoms with Gasteiger partial charge in [-0.05, 0) is 60.4 Å². The number of aryl methyl sites for hydroxylation is 1. The van der Waals surface area contributed by atoms with Crippen molar-refractivity contribution in [3.63, 3.8) is 0 Å². The Morgan fingerprint density at radius 3 is 2.07 bits per heavy atom. The molecule has 45 heavy (non-hydrogen) atoms. The summed E-state index contributed by atoms with van der Waals surface area (Å²) >= 11 is 0. The molecule has 236 valence electrons. The fourth-order valence-electron chi connectivity index (χ4n) is 4.90. The molecule has 4 aromatic rings. The Bertz CT molecular complexity index is 1660. The van der Waals surface area contributed by atoms with Crippen LogP contribution in [-0.4, -0.2) is 51.4 Å². The highest BCUT2D eigenvalue weighted by Crippen LogP contribution is 2.26. The highest BCUT2D eigenvalue weighted by Gasteiger charge is 2.34. The number of sulfonamides is 1. The van der Waals surface area contributed by atoms with Gasteiger partial charge < -0.3 is 15.0 Å². The summed E-state index contributed by atoms with van der Waals surface area (Å²) in [4.78, 5) is 29.9. The third-order valence-corrected chi connectivity index (χ3v) is 9.16. The lowest BCUT2D eigenvalue weighted by Gasteiger charge is -2.34. The molecule has 1 atom stereocenters. The summed E-state index contributed by atoms with van der Waals surface area (Å²) in [5.41, 5.74) is 2.91. The summed E-state index contributed by atoms with van der Waals surface area (Å²) in [5, 5.41) is 3.00. The zero-order valence-electron chi connectivity index (χ0n) is 26.2. The maximum atomic E-state index is 14.5. The summed E-state index contributed by atoms with van der Waals surface area (Å²) in [6.45, 7) is 5.90. The number of amides is 2. The minimum Gasteiger partial charge on any atom is -0.497 e. The van der Waals surface area contributed by atoms with Crippen molar-refractivity contribution in [2.75, 3.05) is 24.5 Å². The van der Waals surface area contributed by atoms with Crippen molar-refractivity contribution in [1.82, 2.24) is 10.2 Å². The Balaban J connectivity index is 1.80. The minimum absolute atomic E-state index is 0.0632. The molecule has 0 saturated carbocycles. The third-order valence-electron chi connectivity index (χ3n) is 7.37. The maximum absolute atomic E-state index is 14.5. The SMILES string of the molecule is COc1cccc(CN(C(=O)CN(c2ccc(C)cc2)S(=O)(=O)c2ccccc2)C(Cc2ccccc2)C(=O)NCC(C)C)c1. The van der Waals surface area contributed by atoms with Crippen LogP contribution in [0.4, 0.5) is 5.69 Å². The monoisotopic (exact) mass is 627 g/mol. The molecule has 1 unspecified atom stereocenters. The summed E-state index contributed by atoms with van der Waals surface area (Å²) in [6.07, 6.45) is 0.246. The molecule has 0 bridgehead atoms. The number of nitrogens with zero attached hydrogens (tertiary/aromatic N) is 2. The van der Waals surface area contributed by atoms with Crippen LogP contribution in [0, 0.1) is 12.8 Å². The van der Waals surface area contributed by atoms with Crippen LogP contribution in [0.5, 0.6) is 5.75 Å². The smallest absolute Gasteiger partial charge is 0.264 e. The summed E-state index contributed by atoms with van der Waals surface area (Å²) in [6, 6.07) is 30.9. The van der Waals surface area contributed by atoms with Crippen LogP contribution in [0.1, 0.15) is 30.5 Å². The molecule has 0 heterocycles. The molecule has 8 nitrogen and oxygen atoms in total. The van der Waals surface area contributed by atoms with E-state index in [1.165, 1.54) is 17.0 Å². The molecule has 0 aliphatic heterocycles. The molecule has 0 aliphatic carbocycles. The average molecular weight is 628 g/mol. The van der Waals surface area contributed by atoms with Gasteiger partial charge in [0.15, 0.2) is 0 Å². The topological polar surface area (TPSA) is 96.0 Å². The van der Waals surface area contributed by atoms with Crippen LogP contribution in [0.3, 0.4) is 0 Å². The standard InChI is InChI=1S/C36H41N3O5S/c1-27(2)24-37-36(41)34(23-29-12-7-5-8-13-29)38(25-30-14-11-15-32(22-30)44-4)35(40)26-39(31-20-18-28(3)19-21-31)45(42,43)33-16-9-6-10-17-33/h5-22,27,34H,23-26H2,1-4H3,(H,37,41). The van der Waals surface area contributed by atoms with Crippen LogP contribution >= 0.6 is 0 Å². The van der Waals surface area contributed by atoms with Gasteiger partial charge >= 0.3 is 0 Å². The van der Waals surface area contributed by atoms with E-state index >= 15 is 0 Å². The van der Waals surface area contributed by atoms with Crippen molar-refractivity contribution in [3.05, 3.63) is 126 Å². The van der Waals surface area contributed by atoms with Gasteiger partial charge in [0, 0.05) is 19.5 Å². The number of rotatable bonds is 14. The molecule has 1 N–H and O–H groups in total. The van der Waals surface area contributed by atoms with Gasteiger partial charge in [0.05, 0.1) is 17.7 Å². The van der Waals surface area contributed by atoms with E-state index in [2.05, 4.69) is 5.32 Å². The first-order valence-corrected chi connectivity index (χ1v) is 16.4. The average Bonchev–Trinajstić information content (AvgIpc) is 3.05. The first kappa shape index (κ1) is 33.3. The fourth-order valence-corrected chi connectivity index (χ4v) is 6.34. The normalized spacial score (nSPS) is 11.9.